The molecule has 0 unspecified atom stereocenters. The molecule has 0 spiro atoms. The predicted octanol–water partition coefficient (Wildman–Crippen LogP) is 6.44. The van der Waals surface area contributed by atoms with Crippen LogP contribution in [0, 0.1) is 6.92 Å². The van der Waals surface area contributed by atoms with E-state index in [1.54, 1.807) is 10.6 Å². The van der Waals surface area contributed by atoms with E-state index in [1.165, 1.54) is 11.8 Å². The lowest BCUT2D eigenvalue weighted by Crippen LogP contribution is -2.21. The van der Waals surface area contributed by atoms with Gasteiger partial charge < -0.3 is 13.9 Å². The minimum absolute atomic E-state index is 0.125. The molecule has 2 heterocycles. The lowest BCUT2D eigenvalue weighted by Gasteiger charge is -2.13. The molecule has 5 aromatic rings. The highest BCUT2D eigenvalue weighted by Crippen LogP contribution is 2.33. The van der Waals surface area contributed by atoms with Crippen molar-refractivity contribution in [3.63, 3.8) is 0 Å². The molecule has 0 radical (unpaired) electrons. The van der Waals surface area contributed by atoms with Gasteiger partial charge in [0.05, 0.1) is 41.1 Å². The third-order valence-corrected chi connectivity index (χ3v) is 6.75. The molecule has 0 amide bonds. The van der Waals surface area contributed by atoms with E-state index in [1.807, 2.05) is 87.5 Å². The molecule has 0 N–H and O–H groups in total. The molecule has 2 aromatic heterocycles. The normalized spacial score (nSPS) is 11.1. The summed E-state index contributed by atoms with van der Waals surface area (Å²) >= 11 is 1.44. The molecular weight excluding hydrogens is 486 g/mol. The first kappa shape index (κ1) is 24.6. The summed E-state index contributed by atoms with van der Waals surface area (Å²) < 4.78 is 19.0. The first-order valence-corrected chi connectivity index (χ1v) is 13.1. The number of thioether (sulfide) groups is 1. The molecule has 0 aliphatic carbocycles. The maximum Gasteiger partial charge on any atom is 0.266 e. The number of hydrogen-bond acceptors (Lipinski definition) is 7. The fourth-order valence-electron chi connectivity index (χ4n) is 4.03. The highest BCUT2D eigenvalue weighted by Gasteiger charge is 2.18. The highest BCUT2D eigenvalue weighted by atomic mass is 32.2. The minimum atomic E-state index is -0.125. The van der Waals surface area contributed by atoms with E-state index in [-0.39, 0.29) is 5.56 Å². The Kier molecular flexibility index (Phi) is 7.28. The van der Waals surface area contributed by atoms with Crippen molar-refractivity contribution in [1.82, 2.24) is 14.5 Å². The number of rotatable bonds is 9. The van der Waals surface area contributed by atoms with Crippen molar-refractivity contribution in [2.45, 2.75) is 31.7 Å². The summed E-state index contributed by atoms with van der Waals surface area (Å²) in [5, 5.41) is 1.14. The Bertz CT molecular complexity index is 1590. The number of nitrogens with zero attached hydrogens (tertiary/aromatic N) is 3. The molecular formula is C29H27N3O4S. The lowest BCUT2D eigenvalue weighted by atomic mass is 10.2. The molecule has 0 aliphatic heterocycles. The monoisotopic (exact) mass is 513 g/mol. The Morgan fingerprint density at radius 1 is 0.892 bits per heavy atom. The van der Waals surface area contributed by atoms with Gasteiger partial charge in [-0.05, 0) is 69.3 Å². The molecule has 37 heavy (non-hydrogen) atoms. The van der Waals surface area contributed by atoms with Gasteiger partial charge in [0.2, 0.25) is 5.89 Å². The largest absolute Gasteiger partial charge is 0.494 e. The average Bonchev–Trinajstić information content (AvgIpc) is 3.29. The van der Waals surface area contributed by atoms with Gasteiger partial charge in [0.15, 0.2) is 5.16 Å². The van der Waals surface area contributed by atoms with Gasteiger partial charge in [-0.3, -0.25) is 9.36 Å². The van der Waals surface area contributed by atoms with Crippen LogP contribution in [0.5, 0.6) is 11.5 Å². The second-order valence-corrected chi connectivity index (χ2v) is 9.16. The highest BCUT2D eigenvalue weighted by molar-refractivity contribution is 7.98. The standard InChI is InChI=1S/C29H27N3O4S/c1-4-34-21-16-14-20(15-17-21)32-28(33)22-10-6-8-12-24(22)31-29(32)37-18-25-19(3)36-27(30-25)23-11-7-9-13-26(23)35-5-2/h6-17H,4-5,18H2,1-3H3. The van der Waals surface area contributed by atoms with Gasteiger partial charge in [0.1, 0.15) is 17.3 Å². The van der Waals surface area contributed by atoms with E-state index in [2.05, 4.69) is 0 Å². The van der Waals surface area contributed by atoms with Crippen LogP contribution < -0.4 is 15.0 Å². The zero-order valence-corrected chi connectivity index (χ0v) is 21.7. The van der Waals surface area contributed by atoms with Crippen LogP contribution in [0.3, 0.4) is 0 Å². The van der Waals surface area contributed by atoms with Crippen molar-refractivity contribution in [3.8, 4) is 28.6 Å². The van der Waals surface area contributed by atoms with Gasteiger partial charge in [0.25, 0.3) is 5.56 Å². The van der Waals surface area contributed by atoms with Gasteiger partial charge >= 0.3 is 0 Å². The third-order valence-electron chi connectivity index (χ3n) is 5.80. The Hall–Kier alpha value is -4.04. The maximum absolute atomic E-state index is 13.6. The summed E-state index contributed by atoms with van der Waals surface area (Å²) in [7, 11) is 0. The Balaban J connectivity index is 1.51. The number of aromatic nitrogens is 3. The van der Waals surface area contributed by atoms with Gasteiger partial charge in [-0.25, -0.2) is 9.97 Å². The Morgan fingerprint density at radius 2 is 1.62 bits per heavy atom. The van der Waals surface area contributed by atoms with Crippen LogP contribution in [0.2, 0.25) is 0 Å². The molecule has 0 fully saturated rings. The van der Waals surface area contributed by atoms with Gasteiger partial charge in [-0.15, -0.1) is 0 Å². The molecule has 0 saturated heterocycles. The lowest BCUT2D eigenvalue weighted by molar-refractivity contribution is 0.340. The fourth-order valence-corrected chi connectivity index (χ4v) is 5.04. The summed E-state index contributed by atoms with van der Waals surface area (Å²) in [6, 6.07) is 22.5. The van der Waals surface area contributed by atoms with Crippen LogP contribution in [-0.4, -0.2) is 27.7 Å². The average molecular weight is 514 g/mol. The third kappa shape index (κ3) is 5.11. The second-order valence-electron chi connectivity index (χ2n) is 8.22. The predicted molar refractivity (Wildman–Crippen MR) is 146 cm³/mol. The molecule has 188 valence electrons. The van der Waals surface area contributed by atoms with Crippen LogP contribution in [0.15, 0.2) is 87.2 Å². The van der Waals surface area contributed by atoms with Crippen molar-refractivity contribution in [2.75, 3.05) is 13.2 Å². The van der Waals surface area contributed by atoms with Gasteiger partial charge in [-0.2, -0.15) is 0 Å². The number of benzene rings is 3. The van der Waals surface area contributed by atoms with E-state index in [0.29, 0.717) is 46.7 Å². The Labute approximate surface area is 219 Å². The molecule has 8 heteroatoms. The molecule has 0 bridgehead atoms. The molecule has 0 atom stereocenters. The van der Waals surface area contributed by atoms with E-state index in [0.717, 1.165) is 28.4 Å². The first-order chi connectivity index (χ1) is 18.1. The van der Waals surface area contributed by atoms with Crippen molar-refractivity contribution >= 4 is 22.7 Å². The summed E-state index contributed by atoms with van der Waals surface area (Å²) in [4.78, 5) is 23.2. The number of fused-ring (bicyclic) bond motifs is 1. The number of oxazole rings is 1. The van der Waals surface area contributed by atoms with Crippen LogP contribution in [0.4, 0.5) is 0 Å². The number of aryl methyl sites for hydroxylation is 1. The van der Waals surface area contributed by atoms with Crippen LogP contribution in [0.1, 0.15) is 25.3 Å². The first-order valence-electron chi connectivity index (χ1n) is 12.1. The van der Waals surface area contributed by atoms with Gasteiger partial charge in [-0.1, -0.05) is 36.0 Å². The maximum atomic E-state index is 13.6. The van der Waals surface area contributed by atoms with Crippen molar-refractivity contribution in [2.24, 2.45) is 0 Å². The zero-order valence-electron chi connectivity index (χ0n) is 20.9. The number of para-hydroxylation sites is 2. The second kappa shape index (κ2) is 10.9. The number of hydrogen-bond donors (Lipinski definition) is 0. The summed E-state index contributed by atoms with van der Waals surface area (Å²) in [6.45, 7) is 6.90. The fraction of sp³-hybridized carbons (Fsp3) is 0.207. The van der Waals surface area contributed by atoms with Crippen molar-refractivity contribution in [1.29, 1.82) is 0 Å². The summed E-state index contributed by atoms with van der Waals surface area (Å²) in [5.41, 5.74) is 2.84. The van der Waals surface area contributed by atoms with Crippen molar-refractivity contribution in [3.05, 3.63) is 94.6 Å². The van der Waals surface area contributed by atoms with Crippen LogP contribution in [-0.2, 0) is 5.75 Å². The van der Waals surface area contributed by atoms with E-state index >= 15 is 0 Å². The smallest absolute Gasteiger partial charge is 0.266 e. The van der Waals surface area contributed by atoms with Crippen LogP contribution >= 0.6 is 11.8 Å². The van der Waals surface area contributed by atoms with Gasteiger partial charge in [0, 0.05) is 5.75 Å². The minimum Gasteiger partial charge on any atom is -0.494 e. The molecule has 0 saturated carbocycles. The van der Waals surface area contributed by atoms with E-state index < -0.39 is 0 Å². The molecule has 3 aromatic carbocycles. The molecule has 7 nitrogen and oxygen atoms in total. The van der Waals surface area contributed by atoms with E-state index in [4.69, 9.17) is 23.9 Å². The SMILES string of the molecule is CCOc1ccc(-n2c(SCc3nc(-c4ccccc4OCC)oc3C)nc3ccccc3c2=O)cc1. The topological polar surface area (TPSA) is 79.4 Å². The van der Waals surface area contributed by atoms with Crippen molar-refractivity contribution < 1.29 is 13.9 Å². The Morgan fingerprint density at radius 3 is 2.41 bits per heavy atom. The molecule has 5 rings (SSSR count). The summed E-state index contributed by atoms with van der Waals surface area (Å²) in [5.74, 6) is 3.18. The number of ether oxygens (including phenoxy) is 2. The molecule has 0 aliphatic rings. The quantitative estimate of drug-likeness (QED) is 0.166. The zero-order chi connectivity index (χ0) is 25.8. The van der Waals surface area contributed by atoms with Crippen LogP contribution in [0.25, 0.3) is 28.0 Å². The summed E-state index contributed by atoms with van der Waals surface area (Å²) in [6.07, 6.45) is 0. The van der Waals surface area contributed by atoms with E-state index in [9.17, 15) is 4.79 Å².